The van der Waals surface area contributed by atoms with Crippen LogP contribution in [-0.2, 0) is 9.53 Å². The Hall–Kier alpha value is -1.63. The number of nitrogens with zero attached hydrogens (tertiary/aromatic N) is 2. The van der Waals surface area contributed by atoms with Crippen molar-refractivity contribution in [1.82, 2.24) is 9.80 Å². The minimum Gasteiger partial charge on any atom is -0.381 e. The quantitative estimate of drug-likeness (QED) is 0.868. The van der Waals surface area contributed by atoms with Crippen LogP contribution in [0.15, 0.2) is 24.3 Å². The third-order valence-electron chi connectivity index (χ3n) is 5.46. The van der Waals surface area contributed by atoms with E-state index < -0.39 is 5.41 Å². The average molecular weight is 380 g/mol. The van der Waals surface area contributed by atoms with Gasteiger partial charge in [-0.1, -0.05) is 11.6 Å². The highest BCUT2D eigenvalue weighted by Gasteiger charge is 2.41. The molecule has 0 aliphatic carbocycles. The van der Waals surface area contributed by atoms with Gasteiger partial charge in [-0.15, -0.1) is 0 Å². The van der Waals surface area contributed by atoms with E-state index in [0.717, 1.165) is 6.42 Å². The number of ether oxygens (including phenoxy) is 1. The SMILES string of the molecule is NCC1(C(=O)N2CCCN(C(=O)c3ccc(Cl)cc3)CC2)CCOCC1. The van der Waals surface area contributed by atoms with Gasteiger partial charge in [0.15, 0.2) is 0 Å². The molecule has 1 aromatic rings. The number of rotatable bonds is 3. The molecule has 2 N–H and O–H groups in total. The summed E-state index contributed by atoms with van der Waals surface area (Å²) in [4.78, 5) is 29.5. The van der Waals surface area contributed by atoms with Crippen molar-refractivity contribution in [2.24, 2.45) is 11.1 Å². The minimum atomic E-state index is -0.506. The van der Waals surface area contributed by atoms with Gasteiger partial charge in [0.05, 0.1) is 5.41 Å². The van der Waals surface area contributed by atoms with E-state index in [1.807, 2.05) is 9.80 Å². The van der Waals surface area contributed by atoms with Crippen LogP contribution in [0.4, 0.5) is 0 Å². The molecule has 2 aliphatic heterocycles. The van der Waals surface area contributed by atoms with Crippen molar-refractivity contribution in [3.8, 4) is 0 Å². The number of halogens is 1. The molecule has 0 spiro atoms. The lowest BCUT2D eigenvalue weighted by molar-refractivity contribution is -0.147. The molecular formula is C19H26ClN3O3. The normalized spacial score (nSPS) is 20.5. The predicted molar refractivity (Wildman–Crippen MR) is 100 cm³/mol. The van der Waals surface area contributed by atoms with Crippen LogP contribution in [0.2, 0.25) is 5.02 Å². The van der Waals surface area contributed by atoms with Crippen LogP contribution < -0.4 is 5.73 Å². The van der Waals surface area contributed by atoms with Crippen LogP contribution in [0.1, 0.15) is 29.6 Å². The lowest BCUT2D eigenvalue weighted by Crippen LogP contribution is -2.51. The minimum absolute atomic E-state index is 0.0180. The number of nitrogens with two attached hydrogens (primary N) is 1. The molecule has 2 saturated heterocycles. The Labute approximate surface area is 159 Å². The van der Waals surface area contributed by atoms with Crippen LogP contribution >= 0.6 is 11.6 Å². The zero-order chi connectivity index (χ0) is 18.6. The summed E-state index contributed by atoms with van der Waals surface area (Å²) in [5.41, 5.74) is 6.09. The van der Waals surface area contributed by atoms with Gasteiger partial charge in [0.25, 0.3) is 5.91 Å². The van der Waals surface area contributed by atoms with Crippen molar-refractivity contribution >= 4 is 23.4 Å². The molecule has 0 atom stereocenters. The van der Waals surface area contributed by atoms with Gasteiger partial charge in [0.1, 0.15) is 0 Å². The van der Waals surface area contributed by atoms with Crippen LogP contribution in [0.25, 0.3) is 0 Å². The second-order valence-electron chi connectivity index (χ2n) is 7.04. The van der Waals surface area contributed by atoms with Crippen molar-refractivity contribution in [3.05, 3.63) is 34.9 Å². The second kappa shape index (κ2) is 8.37. The highest BCUT2D eigenvalue weighted by molar-refractivity contribution is 6.30. The highest BCUT2D eigenvalue weighted by atomic mass is 35.5. The van der Waals surface area contributed by atoms with Crippen molar-refractivity contribution in [1.29, 1.82) is 0 Å². The van der Waals surface area contributed by atoms with Crippen LogP contribution in [0.5, 0.6) is 0 Å². The zero-order valence-corrected chi connectivity index (χ0v) is 15.7. The number of hydrogen-bond acceptors (Lipinski definition) is 4. The zero-order valence-electron chi connectivity index (χ0n) is 15.0. The summed E-state index contributed by atoms with van der Waals surface area (Å²) < 4.78 is 5.41. The summed E-state index contributed by atoms with van der Waals surface area (Å²) in [5, 5.41) is 0.609. The summed E-state index contributed by atoms with van der Waals surface area (Å²) in [6.07, 6.45) is 2.11. The number of carbonyl (C=O) groups excluding carboxylic acids is 2. The third kappa shape index (κ3) is 4.03. The summed E-state index contributed by atoms with van der Waals surface area (Å²) in [6, 6.07) is 6.92. The van der Waals surface area contributed by atoms with Crippen molar-refractivity contribution < 1.29 is 14.3 Å². The molecule has 2 amide bonds. The van der Waals surface area contributed by atoms with E-state index in [1.165, 1.54) is 0 Å². The maximum atomic E-state index is 13.1. The molecule has 0 saturated carbocycles. The molecule has 3 rings (SSSR count). The first-order valence-corrected chi connectivity index (χ1v) is 9.55. The Kier molecular flexibility index (Phi) is 6.16. The average Bonchev–Trinajstić information content (AvgIpc) is 2.94. The van der Waals surface area contributed by atoms with Gasteiger partial charge in [-0.05, 0) is 43.5 Å². The highest BCUT2D eigenvalue weighted by Crippen LogP contribution is 2.32. The summed E-state index contributed by atoms with van der Waals surface area (Å²) in [7, 11) is 0. The van der Waals surface area contributed by atoms with Gasteiger partial charge >= 0.3 is 0 Å². The molecule has 1 aromatic carbocycles. The molecule has 26 heavy (non-hydrogen) atoms. The largest absolute Gasteiger partial charge is 0.381 e. The van der Waals surface area contributed by atoms with Crippen LogP contribution in [0.3, 0.4) is 0 Å². The fourth-order valence-corrected chi connectivity index (χ4v) is 3.83. The Morgan fingerprint density at radius 3 is 2.31 bits per heavy atom. The fourth-order valence-electron chi connectivity index (χ4n) is 3.70. The van der Waals surface area contributed by atoms with Gasteiger partial charge in [-0.25, -0.2) is 0 Å². The maximum absolute atomic E-state index is 13.1. The Morgan fingerprint density at radius 2 is 1.65 bits per heavy atom. The van der Waals surface area contributed by atoms with E-state index in [1.54, 1.807) is 24.3 Å². The fraction of sp³-hybridized carbons (Fsp3) is 0.579. The van der Waals surface area contributed by atoms with Gasteiger partial charge in [0, 0.05) is 56.5 Å². The number of carbonyl (C=O) groups is 2. The van der Waals surface area contributed by atoms with Gasteiger partial charge in [-0.2, -0.15) is 0 Å². The molecule has 0 bridgehead atoms. The van der Waals surface area contributed by atoms with E-state index >= 15 is 0 Å². The molecule has 2 heterocycles. The van der Waals surface area contributed by atoms with Crippen molar-refractivity contribution in [2.75, 3.05) is 45.9 Å². The van der Waals surface area contributed by atoms with E-state index in [4.69, 9.17) is 22.1 Å². The lowest BCUT2D eigenvalue weighted by atomic mass is 9.79. The molecule has 7 heteroatoms. The molecule has 0 unspecified atom stereocenters. The molecule has 2 fully saturated rings. The van der Waals surface area contributed by atoms with E-state index in [0.29, 0.717) is 69.4 Å². The van der Waals surface area contributed by atoms with E-state index in [9.17, 15) is 9.59 Å². The maximum Gasteiger partial charge on any atom is 0.253 e. The molecule has 0 aromatic heterocycles. The Bertz CT molecular complexity index is 644. The standard InChI is InChI=1S/C19H26ClN3O3/c20-16-4-2-15(3-5-16)17(24)22-8-1-9-23(11-10-22)18(25)19(14-21)6-12-26-13-7-19/h2-5H,1,6-14,21H2. The van der Waals surface area contributed by atoms with Crippen molar-refractivity contribution in [2.45, 2.75) is 19.3 Å². The predicted octanol–water partition coefficient (Wildman–Crippen LogP) is 1.77. The summed E-state index contributed by atoms with van der Waals surface area (Å²) >= 11 is 5.89. The van der Waals surface area contributed by atoms with Crippen LogP contribution in [-0.4, -0.2) is 67.6 Å². The first-order chi connectivity index (χ1) is 12.6. The summed E-state index contributed by atoms with van der Waals surface area (Å²) in [5.74, 6) is 0.0969. The lowest BCUT2D eigenvalue weighted by Gasteiger charge is -2.38. The monoisotopic (exact) mass is 379 g/mol. The van der Waals surface area contributed by atoms with Gasteiger partial charge < -0.3 is 20.3 Å². The molecule has 0 radical (unpaired) electrons. The molecule has 142 valence electrons. The first-order valence-electron chi connectivity index (χ1n) is 9.18. The summed E-state index contributed by atoms with van der Waals surface area (Å²) in [6.45, 7) is 3.88. The first kappa shape index (κ1) is 19.1. The van der Waals surface area contributed by atoms with Crippen molar-refractivity contribution in [3.63, 3.8) is 0 Å². The number of benzene rings is 1. The second-order valence-corrected chi connectivity index (χ2v) is 7.48. The van der Waals surface area contributed by atoms with E-state index in [2.05, 4.69) is 0 Å². The number of amides is 2. The molecular weight excluding hydrogens is 354 g/mol. The number of hydrogen-bond donors (Lipinski definition) is 1. The third-order valence-corrected chi connectivity index (χ3v) is 5.71. The molecule has 2 aliphatic rings. The van der Waals surface area contributed by atoms with Crippen LogP contribution in [0, 0.1) is 5.41 Å². The van der Waals surface area contributed by atoms with Gasteiger partial charge in [0.2, 0.25) is 5.91 Å². The van der Waals surface area contributed by atoms with E-state index in [-0.39, 0.29) is 11.8 Å². The smallest absolute Gasteiger partial charge is 0.253 e. The Balaban J connectivity index is 1.65. The topological polar surface area (TPSA) is 75.9 Å². The van der Waals surface area contributed by atoms with Gasteiger partial charge in [-0.3, -0.25) is 9.59 Å². The Morgan fingerprint density at radius 1 is 1.04 bits per heavy atom. The molecule has 6 nitrogen and oxygen atoms in total.